The molecule has 0 amide bonds. The zero-order valence-corrected chi connectivity index (χ0v) is 29.7. The first-order valence-electron chi connectivity index (χ1n) is 17.0. The summed E-state index contributed by atoms with van der Waals surface area (Å²) in [5.41, 5.74) is 6.38. The number of aryl methyl sites for hydroxylation is 4. The van der Waals surface area contributed by atoms with E-state index in [1.54, 1.807) is 0 Å². The van der Waals surface area contributed by atoms with Crippen LogP contribution in [0.1, 0.15) is 88.4 Å². The topological polar surface area (TPSA) is 30.5 Å². The number of nitrogens with one attached hydrogen (secondary N) is 1. The molecule has 0 spiro atoms. The van der Waals surface area contributed by atoms with Gasteiger partial charge in [-0.05, 0) is 98.2 Å². The number of halogens is 5. The molecule has 0 radical (unpaired) electrons. The third kappa shape index (κ3) is 9.12. The Kier molecular flexibility index (Phi) is 13.9. The van der Waals surface area contributed by atoms with Crippen molar-refractivity contribution in [3.63, 3.8) is 0 Å². The molecule has 1 N–H and O–H groups in total. The Morgan fingerprint density at radius 3 is 1.47 bits per heavy atom. The van der Waals surface area contributed by atoms with Gasteiger partial charge in [0.25, 0.3) is 0 Å². The summed E-state index contributed by atoms with van der Waals surface area (Å²) in [7, 11) is 0. The molecule has 4 aromatic carbocycles. The highest BCUT2D eigenvalue weighted by molar-refractivity contribution is 5.85. The largest absolute Gasteiger partial charge is 0.376 e. The van der Waals surface area contributed by atoms with E-state index in [2.05, 4.69) is 63.3 Å². The summed E-state index contributed by atoms with van der Waals surface area (Å²) in [6, 6.07) is 20.2. The third-order valence-electron chi connectivity index (χ3n) is 10.2. The monoisotopic (exact) mass is 697 g/mol. The van der Waals surface area contributed by atoms with Crippen LogP contribution in [-0.2, 0) is 22.7 Å². The average molecular weight is 698 g/mol. The summed E-state index contributed by atoms with van der Waals surface area (Å²) >= 11 is 0. The smallest absolute Gasteiger partial charge is 0.131 e. The van der Waals surface area contributed by atoms with Gasteiger partial charge in [0.15, 0.2) is 0 Å². The summed E-state index contributed by atoms with van der Waals surface area (Å²) in [6.45, 7) is 9.15. The fraction of sp³-hybridized carbons (Fsp3) is 0.415. The molecule has 0 saturated heterocycles. The van der Waals surface area contributed by atoms with Gasteiger partial charge in [-0.25, -0.2) is 17.6 Å². The van der Waals surface area contributed by atoms with Gasteiger partial charge in [-0.1, -0.05) is 67.8 Å². The zero-order valence-electron chi connectivity index (χ0n) is 28.9. The maximum Gasteiger partial charge on any atom is 0.131 e. The summed E-state index contributed by atoms with van der Waals surface area (Å²) in [6.07, 6.45) is 5.01. The van der Waals surface area contributed by atoms with E-state index < -0.39 is 23.3 Å². The van der Waals surface area contributed by atoms with Gasteiger partial charge in [0, 0.05) is 35.0 Å². The van der Waals surface area contributed by atoms with Gasteiger partial charge in [0.05, 0.1) is 26.4 Å². The maximum atomic E-state index is 14.6. The van der Waals surface area contributed by atoms with Crippen molar-refractivity contribution in [2.45, 2.75) is 90.4 Å². The molecule has 0 aliphatic heterocycles. The first-order valence-corrected chi connectivity index (χ1v) is 17.0. The van der Waals surface area contributed by atoms with Crippen LogP contribution in [0.5, 0.6) is 0 Å². The molecule has 1 saturated carbocycles. The van der Waals surface area contributed by atoms with Crippen molar-refractivity contribution in [1.29, 1.82) is 0 Å². The van der Waals surface area contributed by atoms with Gasteiger partial charge in [0.2, 0.25) is 0 Å². The normalized spacial score (nSPS) is 15.4. The second-order valence-corrected chi connectivity index (χ2v) is 13.4. The van der Waals surface area contributed by atoms with Gasteiger partial charge in [-0.2, -0.15) is 0 Å². The van der Waals surface area contributed by atoms with Crippen molar-refractivity contribution in [1.82, 2.24) is 5.32 Å². The number of benzene rings is 4. The first kappa shape index (κ1) is 38.6. The van der Waals surface area contributed by atoms with E-state index in [-0.39, 0.29) is 67.3 Å². The minimum atomic E-state index is -0.621. The van der Waals surface area contributed by atoms with Crippen LogP contribution in [0.15, 0.2) is 72.8 Å². The molecule has 5 rings (SSSR count). The van der Waals surface area contributed by atoms with Crippen LogP contribution < -0.4 is 5.32 Å². The van der Waals surface area contributed by atoms with Crippen LogP contribution in [0.2, 0.25) is 0 Å². The van der Waals surface area contributed by atoms with Crippen molar-refractivity contribution in [2.24, 2.45) is 0 Å². The number of hydrogen-bond acceptors (Lipinski definition) is 3. The van der Waals surface area contributed by atoms with Crippen LogP contribution in [0.3, 0.4) is 0 Å². The number of ether oxygens (including phenoxy) is 2. The molecule has 0 aromatic heterocycles. The van der Waals surface area contributed by atoms with Crippen molar-refractivity contribution < 1.29 is 27.0 Å². The first-order chi connectivity index (χ1) is 23.1. The van der Waals surface area contributed by atoms with E-state index in [9.17, 15) is 17.6 Å². The third-order valence-corrected chi connectivity index (χ3v) is 10.2. The molecule has 3 nitrogen and oxygen atoms in total. The zero-order chi connectivity index (χ0) is 34.3. The lowest BCUT2D eigenvalue weighted by molar-refractivity contribution is 0.0545. The minimum absolute atomic E-state index is 0. The quantitative estimate of drug-likeness (QED) is 0.133. The Labute approximate surface area is 294 Å². The van der Waals surface area contributed by atoms with E-state index in [0.717, 1.165) is 59.9 Å². The van der Waals surface area contributed by atoms with Crippen molar-refractivity contribution >= 4 is 12.4 Å². The molecule has 1 fully saturated rings. The Balaban J connectivity index is 0.00000541. The molecule has 264 valence electrons. The highest BCUT2D eigenvalue weighted by Crippen LogP contribution is 2.43. The predicted molar refractivity (Wildman–Crippen MR) is 190 cm³/mol. The van der Waals surface area contributed by atoms with E-state index >= 15 is 0 Å². The highest BCUT2D eigenvalue weighted by atomic mass is 35.5. The molecule has 4 aromatic rings. The van der Waals surface area contributed by atoms with Crippen LogP contribution in [-0.4, -0.2) is 25.3 Å². The molecular formula is C41H48ClF4NO2. The van der Waals surface area contributed by atoms with Gasteiger partial charge >= 0.3 is 0 Å². The Bertz CT molecular complexity index is 1610. The Hall–Kier alpha value is -3.23. The standard InChI is InChI=1S/C41H47F4NO2.ClH/c1-27-12-8-13-28(2)39(27)31(23-47-24-32-35(42)16-10-17-36(32)43)22-46-41(20-6-5-7-21-41)34(40-29(3)14-9-15-30(40)4)26-48-25-33-37(44)18-11-19-38(33)45;/h8-19,31,34,46H,5-7,20-26H2,1-4H3;1H. The van der Waals surface area contributed by atoms with E-state index in [1.807, 2.05) is 6.07 Å². The molecule has 0 bridgehead atoms. The van der Waals surface area contributed by atoms with Crippen LogP contribution >= 0.6 is 12.4 Å². The molecule has 2 unspecified atom stereocenters. The molecule has 2 atom stereocenters. The lowest BCUT2D eigenvalue weighted by Crippen LogP contribution is -2.54. The molecule has 8 heteroatoms. The second-order valence-electron chi connectivity index (χ2n) is 13.4. The maximum absolute atomic E-state index is 14.6. The summed E-state index contributed by atoms with van der Waals surface area (Å²) < 4.78 is 70.3. The fourth-order valence-corrected chi connectivity index (χ4v) is 7.69. The van der Waals surface area contributed by atoms with Crippen LogP contribution in [0.25, 0.3) is 0 Å². The fourth-order valence-electron chi connectivity index (χ4n) is 7.69. The van der Waals surface area contributed by atoms with Crippen molar-refractivity contribution in [3.8, 4) is 0 Å². The molecule has 49 heavy (non-hydrogen) atoms. The molecule has 1 aliphatic rings. The Morgan fingerprint density at radius 2 is 1.00 bits per heavy atom. The van der Waals surface area contributed by atoms with Gasteiger partial charge in [0.1, 0.15) is 23.3 Å². The minimum Gasteiger partial charge on any atom is -0.376 e. The summed E-state index contributed by atoms with van der Waals surface area (Å²) in [5.74, 6) is -2.67. The van der Waals surface area contributed by atoms with Crippen molar-refractivity contribution in [3.05, 3.63) is 141 Å². The lowest BCUT2D eigenvalue weighted by Gasteiger charge is -2.46. The predicted octanol–water partition coefficient (Wildman–Crippen LogP) is 10.5. The average Bonchev–Trinajstić information content (AvgIpc) is 3.05. The van der Waals surface area contributed by atoms with Crippen molar-refractivity contribution in [2.75, 3.05) is 19.8 Å². The molecular weight excluding hydrogens is 650 g/mol. The highest BCUT2D eigenvalue weighted by Gasteiger charge is 2.42. The SMILES string of the molecule is Cc1cccc(C)c1C(CNC1(C(COCc2c(F)cccc2F)c2c(C)cccc2C)CCCCC1)COCc1c(F)cccc1F.Cl. The van der Waals surface area contributed by atoms with E-state index in [1.165, 1.54) is 42.0 Å². The number of hydrogen-bond donors (Lipinski definition) is 1. The molecule has 0 heterocycles. The van der Waals surface area contributed by atoms with Gasteiger partial charge in [-0.15, -0.1) is 12.4 Å². The molecule has 1 aliphatic carbocycles. The van der Waals surface area contributed by atoms with E-state index in [4.69, 9.17) is 9.47 Å². The van der Waals surface area contributed by atoms with Crippen LogP contribution in [0.4, 0.5) is 17.6 Å². The lowest BCUT2D eigenvalue weighted by atomic mass is 9.68. The van der Waals surface area contributed by atoms with Gasteiger partial charge < -0.3 is 14.8 Å². The second kappa shape index (κ2) is 17.6. The summed E-state index contributed by atoms with van der Waals surface area (Å²) in [5, 5.41) is 4.03. The number of rotatable bonds is 14. The van der Waals surface area contributed by atoms with Gasteiger partial charge in [-0.3, -0.25) is 0 Å². The summed E-state index contributed by atoms with van der Waals surface area (Å²) in [4.78, 5) is 0. The Morgan fingerprint density at radius 1 is 0.592 bits per heavy atom. The van der Waals surface area contributed by atoms with Crippen LogP contribution in [0, 0.1) is 51.0 Å². The van der Waals surface area contributed by atoms with E-state index in [0.29, 0.717) is 6.54 Å².